The smallest absolute Gasteiger partial charge is 0.0905 e. The van der Waals surface area contributed by atoms with Gasteiger partial charge in [0.05, 0.1) is 11.7 Å². The summed E-state index contributed by atoms with van der Waals surface area (Å²) >= 11 is 0. The fraction of sp³-hybridized carbons (Fsp3) is 1.00. The Labute approximate surface area is 88.7 Å². The van der Waals surface area contributed by atoms with Gasteiger partial charge in [0.2, 0.25) is 0 Å². The number of ether oxygens (including phenoxy) is 1. The molecule has 0 aliphatic heterocycles. The third-order valence-electron chi connectivity index (χ3n) is 2.86. The van der Waals surface area contributed by atoms with E-state index in [9.17, 15) is 5.11 Å². The summed E-state index contributed by atoms with van der Waals surface area (Å²) in [5.74, 6) is 0.367. The lowest BCUT2D eigenvalue weighted by Crippen LogP contribution is -2.46. The summed E-state index contributed by atoms with van der Waals surface area (Å²) in [6.45, 7) is 11.1. The minimum atomic E-state index is -0.649. The molecule has 0 fully saturated rings. The van der Waals surface area contributed by atoms with Crippen LogP contribution in [0.25, 0.3) is 0 Å². The molecule has 0 aromatic heterocycles. The highest BCUT2D eigenvalue weighted by atomic mass is 16.5. The van der Waals surface area contributed by atoms with E-state index in [0.717, 1.165) is 25.9 Å². The lowest BCUT2D eigenvalue weighted by atomic mass is 9.84. The van der Waals surface area contributed by atoms with Gasteiger partial charge in [-0.15, -0.1) is 0 Å². The van der Waals surface area contributed by atoms with E-state index in [-0.39, 0.29) is 6.10 Å². The zero-order valence-electron chi connectivity index (χ0n) is 10.3. The molecule has 0 heterocycles. The number of hydrogen-bond acceptors (Lipinski definition) is 2. The topological polar surface area (TPSA) is 29.5 Å². The van der Waals surface area contributed by atoms with Crippen LogP contribution in [0.5, 0.6) is 0 Å². The van der Waals surface area contributed by atoms with Crippen LogP contribution < -0.4 is 0 Å². The normalized spacial score (nSPS) is 14.8. The highest BCUT2D eigenvalue weighted by Gasteiger charge is 2.35. The van der Waals surface area contributed by atoms with Gasteiger partial charge >= 0.3 is 0 Å². The van der Waals surface area contributed by atoms with Crippen LogP contribution in [0.2, 0.25) is 0 Å². The third-order valence-corrected chi connectivity index (χ3v) is 2.86. The summed E-state index contributed by atoms with van der Waals surface area (Å²) < 4.78 is 5.75. The van der Waals surface area contributed by atoms with Crippen molar-refractivity contribution in [2.45, 2.75) is 65.6 Å². The molecule has 0 rings (SSSR count). The second-order valence-electron chi connectivity index (χ2n) is 4.35. The van der Waals surface area contributed by atoms with Crippen molar-refractivity contribution in [3.05, 3.63) is 0 Å². The van der Waals surface area contributed by atoms with E-state index < -0.39 is 5.60 Å². The Bertz CT molecular complexity index is 139. The molecule has 0 saturated carbocycles. The largest absolute Gasteiger partial charge is 0.387 e. The van der Waals surface area contributed by atoms with Crippen molar-refractivity contribution in [1.29, 1.82) is 0 Å². The van der Waals surface area contributed by atoms with Crippen LogP contribution >= 0.6 is 0 Å². The van der Waals surface area contributed by atoms with Gasteiger partial charge in [-0.25, -0.2) is 0 Å². The molecule has 0 spiro atoms. The predicted octanol–water partition coefficient (Wildman–Crippen LogP) is 2.99. The molecular weight excluding hydrogens is 176 g/mol. The van der Waals surface area contributed by atoms with E-state index in [1.54, 1.807) is 0 Å². The molecule has 2 heteroatoms. The van der Waals surface area contributed by atoms with Gasteiger partial charge in [-0.1, -0.05) is 34.6 Å². The molecule has 86 valence electrons. The number of rotatable bonds is 7. The monoisotopic (exact) mass is 202 g/mol. The van der Waals surface area contributed by atoms with Crippen LogP contribution in [0, 0.1) is 5.92 Å². The van der Waals surface area contributed by atoms with Crippen molar-refractivity contribution in [2.24, 2.45) is 5.92 Å². The van der Waals surface area contributed by atoms with Gasteiger partial charge in [-0.05, 0) is 25.2 Å². The predicted molar refractivity (Wildman–Crippen MR) is 60.4 cm³/mol. The standard InChI is InChI=1S/C12H26O2/c1-6-9-14-11(10(4)5)12(13,7-2)8-3/h10-11,13H,6-9H2,1-5H3/t11-/m1/s1. The van der Waals surface area contributed by atoms with Crippen LogP contribution in [0.3, 0.4) is 0 Å². The van der Waals surface area contributed by atoms with E-state index in [2.05, 4.69) is 20.8 Å². The minimum absolute atomic E-state index is 0.0301. The van der Waals surface area contributed by atoms with Gasteiger partial charge in [0.1, 0.15) is 0 Å². The first-order valence-corrected chi connectivity index (χ1v) is 5.85. The summed E-state index contributed by atoms with van der Waals surface area (Å²) in [6, 6.07) is 0. The fourth-order valence-electron chi connectivity index (χ4n) is 1.87. The Balaban J connectivity index is 4.44. The highest BCUT2D eigenvalue weighted by Crippen LogP contribution is 2.27. The van der Waals surface area contributed by atoms with Crippen molar-refractivity contribution in [1.82, 2.24) is 0 Å². The average molecular weight is 202 g/mol. The quantitative estimate of drug-likeness (QED) is 0.687. The lowest BCUT2D eigenvalue weighted by molar-refractivity contribution is -0.132. The lowest BCUT2D eigenvalue weighted by Gasteiger charge is -2.37. The molecule has 0 unspecified atom stereocenters. The SMILES string of the molecule is CCCO[C@H](C(C)C)C(O)(CC)CC. The van der Waals surface area contributed by atoms with Crippen LogP contribution in [0.4, 0.5) is 0 Å². The van der Waals surface area contributed by atoms with E-state index >= 15 is 0 Å². The molecule has 0 aromatic carbocycles. The second-order valence-corrected chi connectivity index (χ2v) is 4.35. The number of hydrogen-bond donors (Lipinski definition) is 1. The van der Waals surface area contributed by atoms with Gasteiger partial charge in [0.15, 0.2) is 0 Å². The summed E-state index contributed by atoms with van der Waals surface area (Å²) in [7, 11) is 0. The minimum Gasteiger partial charge on any atom is -0.387 e. The second kappa shape index (κ2) is 6.41. The van der Waals surface area contributed by atoms with Crippen molar-refractivity contribution in [3.63, 3.8) is 0 Å². The summed E-state index contributed by atoms with van der Waals surface area (Å²) in [5, 5.41) is 10.4. The summed E-state index contributed by atoms with van der Waals surface area (Å²) in [4.78, 5) is 0. The molecule has 0 radical (unpaired) electrons. The molecule has 1 atom stereocenters. The molecule has 0 aliphatic carbocycles. The first-order valence-electron chi connectivity index (χ1n) is 5.85. The van der Waals surface area contributed by atoms with E-state index in [0.29, 0.717) is 5.92 Å². The van der Waals surface area contributed by atoms with Crippen molar-refractivity contribution >= 4 is 0 Å². The third kappa shape index (κ3) is 3.58. The van der Waals surface area contributed by atoms with Crippen molar-refractivity contribution in [2.75, 3.05) is 6.61 Å². The highest BCUT2D eigenvalue weighted by molar-refractivity contribution is 4.87. The molecule has 0 aromatic rings. The molecule has 0 aliphatic rings. The van der Waals surface area contributed by atoms with Crippen LogP contribution in [-0.4, -0.2) is 23.4 Å². The Hall–Kier alpha value is -0.0800. The van der Waals surface area contributed by atoms with Crippen molar-refractivity contribution < 1.29 is 9.84 Å². The number of aliphatic hydroxyl groups is 1. The molecular formula is C12H26O2. The van der Waals surface area contributed by atoms with Crippen LogP contribution in [-0.2, 0) is 4.74 Å². The van der Waals surface area contributed by atoms with E-state index in [4.69, 9.17) is 4.74 Å². The zero-order chi connectivity index (χ0) is 11.2. The Morgan fingerprint density at radius 2 is 1.64 bits per heavy atom. The van der Waals surface area contributed by atoms with Crippen LogP contribution in [0.15, 0.2) is 0 Å². The van der Waals surface area contributed by atoms with Gasteiger partial charge in [-0.3, -0.25) is 0 Å². The van der Waals surface area contributed by atoms with E-state index in [1.165, 1.54) is 0 Å². The zero-order valence-corrected chi connectivity index (χ0v) is 10.3. The molecule has 14 heavy (non-hydrogen) atoms. The fourth-order valence-corrected chi connectivity index (χ4v) is 1.87. The first kappa shape index (κ1) is 13.9. The van der Waals surface area contributed by atoms with Crippen LogP contribution in [0.1, 0.15) is 53.9 Å². The summed E-state index contributed by atoms with van der Waals surface area (Å²) in [6.07, 6.45) is 2.50. The molecule has 0 amide bonds. The van der Waals surface area contributed by atoms with Gasteiger partial charge in [-0.2, -0.15) is 0 Å². The molecule has 0 bridgehead atoms. The Kier molecular flexibility index (Phi) is 6.38. The van der Waals surface area contributed by atoms with Gasteiger partial charge in [0.25, 0.3) is 0 Å². The van der Waals surface area contributed by atoms with E-state index in [1.807, 2.05) is 13.8 Å². The van der Waals surface area contributed by atoms with Gasteiger partial charge < -0.3 is 9.84 Å². The average Bonchev–Trinajstić information content (AvgIpc) is 2.17. The maximum atomic E-state index is 10.4. The maximum Gasteiger partial charge on any atom is 0.0905 e. The van der Waals surface area contributed by atoms with Gasteiger partial charge in [0, 0.05) is 6.61 Å². The Morgan fingerprint density at radius 1 is 1.14 bits per heavy atom. The molecule has 1 N–H and O–H groups in total. The molecule has 0 saturated heterocycles. The maximum absolute atomic E-state index is 10.4. The summed E-state index contributed by atoms with van der Waals surface area (Å²) in [5.41, 5.74) is -0.649. The Morgan fingerprint density at radius 3 is 1.93 bits per heavy atom. The first-order chi connectivity index (χ1) is 6.51. The molecule has 2 nitrogen and oxygen atoms in total. The van der Waals surface area contributed by atoms with Crippen molar-refractivity contribution in [3.8, 4) is 0 Å².